The first-order valence-electron chi connectivity index (χ1n) is 6.90. The molecule has 2 rings (SSSR count). The number of benzene rings is 1. The van der Waals surface area contributed by atoms with Crippen LogP contribution in [-0.4, -0.2) is 19.1 Å². The number of carbonyl (C=O) groups is 1. The topological polar surface area (TPSA) is 64.3 Å². The van der Waals surface area contributed by atoms with Gasteiger partial charge in [0, 0.05) is 6.04 Å². The van der Waals surface area contributed by atoms with Crippen LogP contribution in [0.2, 0.25) is 0 Å². The molecule has 0 bridgehead atoms. The number of amides is 1. The summed E-state index contributed by atoms with van der Waals surface area (Å²) in [7, 11) is 1.62. The zero-order chi connectivity index (χ0) is 13.7. The van der Waals surface area contributed by atoms with Gasteiger partial charge in [0.25, 0.3) is 0 Å². The van der Waals surface area contributed by atoms with E-state index in [1.54, 1.807) is 7.11 Å². The van der Waals surface area contributed by atoms with Crippen molar-refractivity contribution in [2.45, 2.75) is 44.2 Å². The van der Waals surface area contributed by atoms with Crippen molar-refractivity contribution in [3.63, 3.8) is 0 Å². The highest BCUT2D eigenvalue weighted by Crippen LogP contribution is 2.20. The van der Waals surface area contributed by atoms with E-state index in [0.717, 1.165) is 24.2 Å². The van der Waals surface area contributed by atoms with Crippen LogP contribution in [0.3, 0.4) is 0 Å². The van der Waals surface area contributed by atoms with Crippen LogP contribution in [0.5, 0.6) is 5.75 Å². The van der Waals surface area contributed by atoms with E-state index in [9.17, 15) is 4.79 Å². The Morgan fingerprint density at radius 3 is 2.47 bits per heavy atom. The van der Waals surface area contributed by atoms with Gasteiger partial charge >= 0.3 is 0 Å². The van der Waals surface area contributed by atoms with Crippen LogP contribution >= 0.6 is 0 Å². The van der Waals surface area contributed by atoms with Gasteiger partial charge in [0.1, 0.15) is 11.8 Å². The number of rotatable bonds is 4. The number of hydrogen-bond donors (Lipinski definition) is 2. The second kappa shape index (κ2) is 6.57. The van der Waals surface area contributed by atoms with Gasteiger partial charge in [0.2, 0.25) is 5.91 Å². The van der Waals surface area contributed by atoms with E-state index in [1.165, 1.54) is 19.3 Å². The molecule has 1 aliphatic rings. The molecular formula is C15H22N2O2. The lowest BCUT2D eigenvalue weighted by molar-refractivity contribution is -0.123. The molecule has 0 unspecified atom stereocenters. The lowest BCUT2D eigenvalue weighted by atomic mass is 9.95. The Kier molecular flexibility index (Phi) is 4.80. The molecule has 4 heteroatoms. The number of carbonyl (C=O) groups excluding carboxylic acids is 1. The SMILES string of the molecule is COc1ccc([C@H](N)C(=O)NC2CCCCC2)cc1. The maximum absolute atomic E-state index is 12.1. The fourth-order valence-corrected chi connectivity index (χ4v) is 2.50. The molecule has 0 aromatic heterocycles. The number of methoxy groups -OCH3 is 1. The molecule has 4 nitrogen and oxygen atoms in total. The van der Waals surface area contributed by atoms with Crippen molar-refractivity contribution in [3.8, 4) is 5.75 Å². The number of ether oxygens (including phenoxy) is 1. The average molecular weight is 262 g/mol. The van der Waals surface area contributed by atoms with E-state index in [4.69, 9.17) is 10.5 Å². The quantitative estimate of drug-likeness (QED) is 0.873. The van der Waals surface area contributed by atoms with Gasteiger partial charge in [-0.15, -0.1) is 0 Å². The minimum absolute atomic E-state index is 0.0860. The van der Waals surface area contributed by atoms with Crippen LogP contribution < -0.4 is 15.8 Å². The second-order valence-corrected chi connectivity index (χ2v) is 5.09. The largest absolute Gasteiger partial charge is 0.497 e. The molecule has 1 saturated carbocycles. The van der Waals surface area contributed by atoms with Crippen molar-refractivity contribution < 1.29 is 9.53 Å². The Morgan fingerprint density at radius 1 is 1.26 bits per heavy atom. The van der Waals surface area contributed by atoms with Gasteiger partial charge in [-0.1, -0.05) is 31.4 Å². The van der Waals surface area contributed by atoms with E-state index in [2.05, 4.69) is 5.32 Å². The molecule has 0 aliphatic heterocycles. The van der Waals surface area contributed by atoms with Gasteiger partial charge in [-0.05, 0) is 30.5 Å². The molecule has 104 valence electrons. The van der Waals surface area contributed by atoms with Gasteiger partial charge in [-0.3, -0.25) is 4.79 Å². The number of nitrogens with one attached hydrogen (secondary N) is 1. The van der Waals surface area contributed by atoms with Crippen molar-refractivity contribution in [1.82, 2.24) is 5.32 Å². The molecule has 1 aromatic carbocycles. The molecule has 1 amide bonds. The zero-order valence-corrected chi connectivity index (χ0v) is 11.4. The summed E-state index contributed by atoms with van der Waals surface area (Å²) < 4.78 is 5.09. The molecule has 19 heavy (non-hydrogen) atoms. The van der Waals surface area contributed by atoms with E-state index < -0.39 is 6.04 Å². The summed E-state index contributed by atoms with van der Waals surface area (Å²) in [5, 5.41) is 3.05. The standard InChI is InChI=1S/C15H22N2O2/c1-19-13-9-7-11(8-10-13)14(16)15(18)17-12-5-3-2-4-6-12/h7-10,12,14H,2-6,16H2,1H3,(H,17,18)/t14-/m0/s1. The minimum Gasteiger partial charge on any atom is -0.497 e. The van der Waals surface area contributed by atoms with Crippen molar-refractivity contribution >= 4 is 5.91 Å². The van der Waals surface area contributed by atoms with Gasteiger partial charge in [-0.2, -0.15) is 0 Å². The van der Waals surface area contributed by atoms with Gasteiger partial charge in [0.15, 0.2) is 0 Å². The number of nitrogens with two attached hydrogens (primary N) is 1. The summed E-state index contributed by atoms with van der Waals surface area (Å²) in [6.07, 6.45) is 5.81. The van der Waals surface area contributed by atoms with Crippen LogP contribution in [0.15, 0.2) is 24.3 Å². The Bertz CT molecular complexity index is 411. The monoisotopic (exact) mass is 262 g/mol. The second-order valence-electron chi connectivity index (χ2n) is 5.09. The van der Waals surface area contributed by atoms with Gasteiger partial charge in [-0.25, -0.2) is 0 Å². The van der Waals surface area contributed by atoms with Crippen LogP contribution in [0.25, 0.3) is 0 Å². The third kappa shape index (κ3) is 3.70. The normalized spacial score (nSPS) is 17.8. The highest BCUT2D eigenvalue weighted by Gasteiger charge is 2.20. The lowest BCUT2D eigenvalue weighted by Gasteiger charge is -2.24. The molecule has 1 aromatic rings. The van der Waals surface area contributed by atoms with E-state index in [1.807, 2.05) is 24.3 Å². The molecule has 0 radical (unpaired) electrons. The summed E-state index contributed by atoms with van der Waals surface area (Å²) in [5.74, 6) is 0.681. The highest BCUT2D eigenvalue weighted by molar-refractivity contribution is 5.83. The fraction of sp³-hybridized carbons (Fsp3) is 0.533. The van der Waals surface area contributed by atoms with Crippen molar-refractivity contribution in [2.24, 2.45) is 5.73 Å². The molecule has 0 spiro atoms. The van der Waals surface area contributed by atoms with Crippen LogP contribution in [0, 0.1) is 0 Å². The predicted octanol–water partition coefficient (Wildman–Crippen LogP) is 2.14. The average Bonchev–Trinajstić information content (AvgIpc) is 2.47. The van der Waals surface area contributed by atoms with E-state index in [0.29, 0.717) is 6.04 Å². The van der Waals surface area contributed by atoms with E-state index >= 15 is 0 Å². The molecule has 0 saturated heterocycles. The predicted molar refractivity (Wildman–Crippen MR) is 74.9 cm³/mol. The van der Waals surface area contributed by atoms with Crippen molar-refractivity contribution in [2.75, 3.05) is 7.11 Å². The number of hydrogen-bond acceptors (Lipinski definition) is 3. The first-order chi connectivity index (χ1) is 9.20. The summed E-state index contributed by atoms with van der Waals surface area (Å²) in [5.41, 5.74) is 6.81. The van der Waals surface area contributed by atoms with E-state index in [-0.39, 0.29) is 5.91 Å². The Hall–Kier alpha value is -1.55. The molecule has 1 fully saturated rings. The third-order valence-electron chi connectivity index (χ3n) is 3.71. The Labute approximate surface area is 114 Å². The van der Waals surface area contributed by atoms with Crippen LogP contribution in [0.1, 0.15) is 43.7 Å². The summed E-state index contributed by atoms with van der Waals surface area (Å²) in [4.78, 5) is 12.1. The Balaban J connectivity index is 1.93. The first-order valence-corrected chi connectivity index (χ1v) is 6.90. The smallest absolute Gasteiger partial charge is 0.241 e. The molecule has 3 N–H and O–H groups in total. The molecule has 0 heterocycles. The minimum atomic E-state index is -0.604. The van der Waals surface area contributed by atoms with Crippen LogP contribution in [0.4, 0.5) is 0 Å². The Morgan fingerprint density at radius 2 is 1.89 bits per heavy atom. The van der Waals surface area contributed by atoms with Crippen molar-refractivity contribution in [3.05, 3.63) is 29.8 Å². The van der Waals surface area contributed by atoms with Gasteiger partial charge < -0.3 is 15.8 Å². The lowest BCUT2D eigenvalue weighted by Crippen LogP contribution is -2.41. The first kappa shape index (κ1) is 13.9. The molecular weight excluding hydrogens is 240 g/mol. The third-order valence-corrected chi connectivity index (χ3v) is 3.71. The van der Waals surface area contributed by atoms with Crippen LogP contribution in [-0.2, 0) is 4.79 Å². The summed E-state index contributed by atoms with van der Waals surface area (Å²) >= 11 is 0. The summed E-state index contributed by atoms with van der Waals surface area (Å²) in [6, 6.07) is 7.01. The molecule has 1 aliphatic carbocycles. The maximum Gasteiger partial charge on any atom is 0.241 e. The zero-order valence-electron chi connectivity index (χ0n) is 11.4. The van der Waals surface area contributed by atoms with Crippen molar-refractivity contribution in [1.29, 1.82) is 0 Å². The fourth-order valence-electron chi connectivity index (χ4n) is 2.50. The maximum atomic E-state index is 12.1. The van der Waals surface area contributed by atoms with Gasteiger partial charge in [0.05, 0.1) is 7.11 Å². The highest BCUT2D eigenvalue weighted by atomic mass is 16.5. The molecule has 1 atom stereocenters. The summed E-state index contributed by atoms with van der Waals surface area (Å²) in [6.45, 7) is 0.